The van der Waals surface area contributed by atoms with Crippen molar-refractivity contribution < 1.29 is 4.79 Å². The zero-order valence-electron chi connectivity index (χ0n) is 18.5. The largest absolute Gasteiger partial charge is 0.305 e. The van der Waals surface area contributed by atoms with Crippen LogP contribution in [0.25, 0.3) is 22.6 Å². The first-order chi connectivity index (χ1) is 15.4. The zero-order valence-corrected chi connectivity index (χ0v) is 21.0. The summed E-state index contributed by atoms with van der Waals surface area (Å²) in [5, 5.41) is 16.9. The van der Waals surface area contributed by atoms with Gasteiger partial charge in [0.2, 0.25) is 5.91 Å². The Hall–Kier alpha value is -2.49. The number of carbonyl (C=O) groups excluding carboxylic acids is 1. The molecule has 9 heteroatoms. The number of thiophene rings is 1. The van der Waals surface area contributed by atoms with Crippen LogP contribution >= 0.6 is 34.4 Å². The van der Waals surface area contributed by atoms with Crippen molar-refractivity contribution >= 4 is 45.5 Å². The van der Waals surface area contributed by atoms with Crippen LogP contribution in [0.5, 0.6) is 0 Å². The molecule has 4 aromatic rings. The van der Waals surface area contributed by atoms with Crippen molar-refractivity contribution in [2.24, 2.45) is 7.05 Å². The van der Waals surface area contributed by atoms with E-state index < -0.39 is 0 Å². The molecule has 0 saturated heterocycles. The summed E-state index contributed by atoms with van der Waals surface area (Å²) in [5.74, 6) is 0.959. The van der Waals surface area contributed by atoms with E-state index in [1.165, 1.54) is 39.1 Å². The predicted molar refractivity (Wildman–Crippen MR) is 135 cm³/mol. The van der Waals surface area contributed by atoms with Gasteiger partial charge < -0.3 is 9.88 Å². The summed E-state index contributed by atoms with van der Waals surface area (Å²) in [4.78, 5) is 18.4. The topological polar surface area (TPSA) is 72.7 Å². The summed E-state index contributed by atoms with van der Waals surface area (Å²) in [5.41, 5.74) is 5.48. The van der Waals surface area contributed by atoms with Gasteiger partial charge in [0.25, 0.3) is 0 Å². The molecule has 0 aliphatic rings. The van der Waals surface area contributed by atoms with Gasteiger partial charge in [-0.25, -0.2) is 4.98 Å². The van der Waals surface area contributed by atoms with Gasteiger partial charge in [-0.05, 0) is 43.5 Å². The molecule has 0 aliphatic heterocycles. The van der Waals surface area contributed by atoms with Crippen molar-refractivity contribution in [3.8, 4) is 22.6 Å². The van der Waals surface area contributed by atoms with Gasteiger partial charge in [0.15, 0.2) is 16.1 Å². The lowest BCUT2D eigenvalue weighted by molar-refractivity contribution is -0.113. The summed E-state index contributed by atoms with van der Waals surface area (Å²) >= 11 is 4.55. The highest BCUT2D eigenvalue weighted by Crippen LogP contribution is 2.29. The van der Waals surface area contributed by atoms with Crippen molar-refractivity contribution in [1.82, 2.24) is 19.7 Å². The Bertz CT molecular complexity index is 1240. The summed E-state index contributed by atoms with van der Waals surface area (Å²) in [6, 6.07) is 8.45. The van der Waals surface area contributed by atoms with Gasteiger partial charge in [-0.15, -0.1) is 32.9 Å². The molecule has 1 N–H and O–H groups in total. The second kappa shape index (κ2) is 9.97. The van der Waals surface area contributed by atoms with Gasteiger partial charge in [-0.2, -0.15) is 0 Å². The van der Waals surface area contributed by atoms with E-state index in [1.807, 2.05) is 17.0 Å². The highest BCUT2D eigenvalue weighted by Gasteiger charge is 2.15. The molecule has 3 heterocycles. The van der Waals surface area contributed by atoms with Crippen LogP contribution in [-0.2, 0) is 18.3 Å². The molecule has 1 aromatic carbocycles. The van der Waals surface area contributed by atoms with Gasteiger partial charge in [0, 0.05) is 33.8 Å². The van der Waals surface area contributed by atoms with Crippen molar-refractivity contribution in [2.75, 3.05) is 11.1 Å². The van der Waals surface area contributed by atoms with Gasteiger partial charge in [0.05, 0.1) is 11.4 Å². The standard InChI is InChI=1S/C23H25N5OS3/c1-5-6-18-10-17(11-30-18)21-26-27-23(28(21)4)32-13-20(29)25-22-24-19(12-31-22)16-8-7-14(2)15(3)9-16/h7-12H,5-6,13H2,1-4H3,(H,24,25,29). The average Bonchev–Trinajstić information content (AvgIpc) is 3.50. The molecule has 166 valence electrons. The van der Waals surface area contributed by atoms with E-state index in [9.17, 15) is 4.79 Å². The van der Waals surface area contributed by atoms with Crippen molar-refractivity contribution in [1.29, 1.82) is 0 Å². The highest BCUT2D eigenvalue weighted by atomic mass is 32.2. The molecule has 0 radical (unpaired) electrons. The minimum Gasteiger partial charge on any atom is -0.305 e. The molecule has 32 heavy (non-hydrogen) atoms. The summed E-state index contributed by atoms with van der Waals surface area (Å²) in [7, 11) is 1.93. The van der Waals surface area contributed by atoms with Crippen LogP contribution in [0.4, 0.5) is 5.13 Å². The first-order valence-electron chi connectivity index (χ1n) is 10.4. The van der Waals surface area contributed by atoms with Crippen LogP contribution in [0.3, 0.4) is 0 Å². The second-order valence-corrected chi connectivity index (χ2v) is 10.4. The van der Waals surface area contributed by atoms with E-state index in [0.29, 0.717) is 10.3 Å². The minimum absolute atomic E-state index is 0.110. The van der Waals surface area contributed by atoms with E-state index in [4.69, 9.17) is 0 Å². The lowest BCUT2D eigenvalue weighted by Gasteiger charge is -2.04. The first-order valence-corrected chi connectivity index (χ1v) is 13.1. The SMILES string of the molecule is CCCc1cc(-c2nnc(SCC(=O)Nc3nc(-c4ccc(C)c(C)c4)cs3)n2C)cs1. The Balaban J connectivity index is 1.36. The average molecular weight is 484 g/mol. The Morgan fingerprint density at radius 2 is 1.94 bits per heavy atom. The van der Waals surface area contributed by atoms with Crippen molar-refractivity contribution in [2.45, 2.75) is 38.8 Å². The third-order valence-electron chi connectivity index (χ3n) is 5.13. The van der Waals surface area contributed by atoms with Crippen LogP contribution in [0.2, 0.25) is 0 Å². The summed E-state index contributed by atoms with van der Waals surface area (Å²) in [6.45, 7) is 6.36. The fourth-order valence-corrected chi connectivity index (χ4v) is 5.63. The Morgan fingerprint density at radius 3 is 2.72 bits per heavy atom. The molecule has 0 fully saturated rings. The monoisotopic (exact) mass is 483 g/mol. The van der Waals surface area contributed by atoms with Crippen LogP contribution in [0.15, 0.2) is 40.2 Å². The van der Waals surface area contributed by atoms with Gasteiger partial charge in [-0.3, -0.25) is 4.79 Å². The Morgan fingerprint density at radius 1 is 1.09 bits per heavy atom. The number of aryl methyl sites for hydroxylation is 3. The smallest absolute Gasteiger partial charge is 0.236 e. The lowest BCUT2D eigenvalue weighted by Crippen LogP contribution is -2.14. The normalized spacial score (nSPS) is 11.1. The van der Waals surface area contributed by atoms with Gasteiger partial charge in [-0.1, -0.05) is 37.2 Å². The number of amides is 1. The number of hydrogen-bond donors (Lipinski definition) is 1. The van der Waals surface area contributed by atoms with E-state index in [2.05, 4.69) is 70.9 Å². The summed E-state index contributed by atoms with van der Waals surface area (Å²) in [6.07, 6.45) is 2.20. The van der Waals surface area contributed by atoms with E-state index in [0.717, 1.165) is 35.5 Å². The van der Waals surface area contributed by atoms with E-state index in [-0.39, 0.29) is 11.7 Å². The number of carbonyl (C=O) groups is 1. The third-order valence-corrected chi connectivity index (χ3v) is 7.90. The highest BCUT2D eigenvalue weighted by molar-refractivity contribution is 7.99. The third kappa shape index (κ3) is 5.11. The van der Waals surface area contributed by atoms with Gasteiger partial charge >= 0.3 is 0 Å². The maximum atomic E-state index is 12.5. The number of aromatic nitrogens is 4. The van der Waals surface area contributed by atoms with Crippen molar-refractivity contribution in [3.63, 3.8) is 0 Å². The second-order valence-electron chi connectivity index (χ2n) is 7.59. The molecule has 0 unspecified atom stereocenters. The zero-order chi connectivity index (χ0) is 22.7. The number of benzene rings is 1. The molecule has 4 rings (SSSR count). The molecular formula is C23H25N5OS3. The summed E-state index contributed by atoms with van der Waals surface area (Å²) < 4.78 is 1.94. The molecule has 6 nitrogen and oxygen atoms in total. The lowest BCUT2D eigenvalue weighted by atomic mass is 10.1. The number of rotatable bonds is 8. The van der Waals surface area contributed by atoms with Gasteiger partial charge in [0.1, 0.15) is 0 Å². The fourth-order valence-electron chi connectivity index (χ4n) is 3.22. The quantitative estimate of drug-likeness (QED) is 0.313. The first kappa shape index (κ1) is 22.7. The number of nitrogens with one attached hydrogen (secondary N) is 1. The van der Waals surface area contributed by atoms with E-state index >= 15 is 0 Å². The maximum Gasteiger partial charge on any atom is 0.236 e. The Labute approximate surface area is 200 Å². The van der Waals surface area contributed by atoms with E-state index in [1.54, 1.807) is 11.3 Å². The Kier molecular flexibility index (Phi) is 7.07. The van der Waals surface area contributed by atoms with Crippen LogP contribution in [0.1, 0.15) is 29.3 Å². The fraction of sp³-hybridized carbons (Fsp3) is 0.304. The molecule has 0 aliphatic carbocycles. The molecule has 1 amide bonds. The molecule has 0 spiro atoms. The number of hydrogen-bond acceptors (Lipinski definition) is 7. The molecule has 0 saturated carbocycles. The number of anilines is 1. The molecule has 0 bridgehead atoms. The molecular weight excluding hydrogens is 458 g/mol. The molecule has 3 aromatic heterocycles. The number of thioether (sulfide) groups is 1. The number of nitrogens with zero attached hydrogens (tertiary/aromatic N) is 4. The molecule has 0 atom stereocenters. The van der Waals surface area contributed by atoms with Crippen LogP contribution in [-0.4, -0.2) is 31.4 Å². The minimum atomic E-state index is -0.110. The number of thiazole rings is 1. The van der Waals surface area contributed by atoms with Crippen LogP contribution in [0, 0.1) is 13.8 Å². The van der Waals surface area contributed by atoms with Crippen molar-refractivity contribution in [3.05, 3.63) is 51.0 Å². The van der Waals surface area contributed by atoms with Crippen LogP contribution < -0.4 is 5.32 Å². The maximum absolute atomic E-state index is 12.5. The predicted octanol–water partition coefficient (Wildman–Crippen LogP) is 5.97.